The second-order valence-electron chi connectivity index (χ2n) is 9.21. The molecule has 0 atom stereocenters. The van der Waals surface area contributed by atoms with Crippen LogP contribution in [0.3, 0.4) is 0 Å². The third-order valence-corrected chi connectivity index (χ3v) is 6.46. The van der Waals surface area contributed by atoms with Crippen molar-refractivity contribution in [3.8, 4) is 5.75 Å². The van der Waals surface area contributed by atoms with Crippen LogP contribution in [0, 0.1) is 24.4 Å². The molecule has 0 aromatic heterocycles. The highest BCUT2D eigenvalue weighted by Crippen LogP contribution is 2.54. The minimum atomic E-state index is -6.58. The van der Waals surface area contributed by atoms with Crippen molar-refractivity contribution in [1.82, 2.24) is 0 Å². The van der Waals surface area contributed by atoms with E-state index < -0.39 is 99.4 Å². The maximum absolute atomic E-state index is 15.6. The maximum Gasteiger partial charge on any atom is 0.435 e. The molecule has 0 N–H and O–H groups in total. The minimum absolute atomic E-state index is 0.0451. The molecule has 0 spiro atoms. The lowest BCUT2D eigenvalue weighted by atomic mass is 9.89. The number of aryl methyl sites for hydroxylation is 1. The molecule has 16 heteroatoms. The highest BCUT2D eigenvalue weighted by atomic mass is 19.4. The number of hydrogen-bond acceptors (Lipinski definition) is 3. The Balaban J connectivity index is 2.08. The molecule has 44 heavy (non-hydrogen) atoms. The lowest BCUT2D eigenvalue weighted by molar-refractivity contribution is -0.348. The van der Waals surface area contributed by atoms with Crippen molar-refractivity contribution in [3.05, 3.63) is 93.8 Å². The molecule has 3 rings (SSSR count). The summed E-state index contributed by atoms with van der Waals surface area (Å²) >= 11 is 0. The fourth-order valence-electron chi connectivity index (χ4n) is 4.33. The van der Waals surface area contributed by atoms with Crippen LogP contribution >= 0.6 is 0 Å². The average molecular weight is 645 g/mol. The number of carbonyl (C=O) groups excluding carboxylic acids is 2. The van der Waals surface area contributed by atoms with Gasteiger partial charge in [0.05, 0.1) is 16.8 Å². The van der Waals surface area contributed by atoms with Crippen molar-refractivity contribution in [1.29, 1.82) is 0 Å². The van der Waals surface area contributed by atoms with Crippen LogP contribution < -0.4 is 9.64 Å². The molecule has 0 aliphatic rings. The molecule has 4 nitrogen and oxygen atoms in total. The Kier molecular flexibility index (Phi) is 9.65. The van der Waals surface area contributed by atoms with Crippen molar-refractivity contribution in [2.75, 3.05) is 11.4 Å². The number of benzene rings is 3. The zero-order valence-electron chi connectivity index (χ0n) is 22.3. The Morgan fingerprint density at radius 1 is 0.864 bits per heavy atom. The Morgan fingerprint density at radius 2 is 1.48 bits per heavy atom. The molecule has 0 fully saturated rings. The summed E-state index contributed by atoms with van der Waals surface area (Å²) in [6, 6.07) is 4.69. The summed E-state index contributed by atoms with van der Waals surface area (Å²) in [6.07, 6.45) is -14.3. The number of anilines is 1. The second-order valence-corrected chi connectivity index (χ2v) is 9.21. The molecule has 0 bridgehead atoms. The SMILES string of the molecule is CCN(C(=O)c1ccc(F)cc1F)c1cccc(C(=O)Cc2c(C)cc(C(F)(C(F)(F)F)C(F)(F)F)cc2OC(F)F)c1F. The van der Waals surface area contributed by atoms with E-state index >= 15 is 4.39 Å². The smallest absolute Gasteiger partial charge is 0.435 e. The fourth-order valence-corrected chi connectivity index (χ4v) is 4.33. The predicted molar refractivity (Wildman–Crippen MR) is 131 cm³/mol. The van der Waals surface area contributed by atoms with Crippen LogP contribution in [0.2, 0.25) is 0 Å². The summed E-state index contributed by atoms with van der Waals surface area (Å²) in [6.45, 7) is -2.01. The van der Waals surface area contributed by atoms with Gasteiger partial charge in [-0.25, -0.2) is 17.6 Å². The first kappa shape index (κ1) is 34.3. The first-order chi connectivity index (χ1) is 20.2. The van der Waals surface area contributed by atoms with Gasteiger partial charge in [0.1, 0.15) is 17.4 Å². The zero-order valence-corrected chi connectivity index (χ0v) is 22.3. The van der Waals surface area contributed by atoms with Gasteiger partial charge >= 0.3 is 24.6 Å². The van der Waals surface area contributed by atoms with E-state index in [0.29, 0.717) is 11.0 Å². The van der Waals surface area contributed by atoms with Gasteiger partial charge in [-0.2, -0.15) is 35.1 Å². The standard InChI is InChI=1S/C28H19F12NO3/c1-3-41(24(43)16-8-7-15(29)11-19(16)30)20-6-4-5-17(23(20)31)21(42)12-18-13(2)9-14(10-22(18)44-25(32)33)26(34,27(35,36)37)28(38,39)40/h4-11,25H,3,12H2,1-2H3. The van der Waals surface area contributed by atoms with Gasteiger partial charge in [0.25, 0.3) is 5.91 Å². The Hall–Kier alpha value is -4.24. The number of nitrogens with zero attached hydrogens (tertiary/aromatic N) is 1. The number of carbonyl (C=O) groups is 2. The second kappa shape index (κ2) is 12.4. The summed E-state index contributed by atoms with van der Waals surface area (Å²) in [5, 5.41) is 0. The molecule has 238 valence electrons. The molecular weight excluding hydrogens is 626 g/mol. The van der Waals surface area contributed by atoms with Crippen LogP contribution in [0.25, 0.3) is 0 Å². The summed E-state index contributed by atoms with van der Waals surface area (Å²) in [4.78, 5) is 26.7. The van der Waals surface area contributed by atoms with E-state index in [1.807, 2.05) is 0 Å². The number of alkyl halides is 9. The van der Waals surface area contributed by atoms with E-state index in [4.69, 9.17) is 0 Å². The lowest BCUT2D eigenvalue weighted by Crippen LogP contribution is -2.50. The number of amides is 1. The first-order valence-electron chi connectivity index (χ1n) is 12.2. The van der Waals surface area contributed by atoms with Crippen molar-refractivity contribution >= 4 is 17.4 Å². The van der Waals surface area contributed by atoms with Gasteiger partial charge in [-0.3, -0.25) is 9.59 Å². The van der Waals surface area contributed by atoms with Crippen molar-refractivity contribution in [2.45, 2.75) is 44.9 Å². The highest BCUT2D eigenvalue weighted by Gasteiger charge is 2.73. The van der Waals surface area contributed by atoms with Crippen LogP contribution in [0.15, 0.2) is 48.5 Å². The third kappa shape index (κ3) is 6.48. The van der Waals surface area contributed by atoms with Gasteiger partial charge in [0.2, 0.25) is 0 Å². The summed E-state index contributed by atoms with van der Waals surface area (Å²) in [5.41, 5.74) is -11.6. The van der Waals surface area contributed by atoms with E-state index in [0.717, 1.165) is 37.3 Å². The summed E-state index contributed by atoms with van der Waals surface area (Å²) in [5.74, 6) is -7.50. The molecule has 0 unspecified atom stereocenters. The quantitative estimate of drug-likeness (QED) is 0.174. The van der Waals surface area contributed by atoms with E-state index in [2.05, 4.69) is 4.74 Å². The topological polar surface area (TPSA) is 46.6 Å². The third-order valence-electron chi connectivity index (χ3n) is 6.46. The first-order valence-corrected chi connectivity index (χ1v) is 12.2. The van der Waals surface area contributed by atoms with Crippen LogP contribution in [0.5, 0.6) is 5.75 Å². The van der Waals surface area contributed by atoms with Gasteiger partial charge in [-0.05, 0) is 49.7 Å². The zero-order chi connectivity index (χ0) is 33.4. The average Bonchev–Trinajstić information content (AvgIpc) is 2.89. The molecule has 3 aromatic rings. The summed E-state index contributed by atoms with van der Waals surface area (Å²) in [7, 11) is 0. The molecule has 1 amide bonds. The summed E-state index contributed by atoms with van der Waals surface area (Å²) < 4.78 is 168. The monoisotopic (exact) mass is 645 g/mol. The largest absolute Gasteiger partial charge is 0.435 e. The maximum atomic E-state index is 15.6. The number of rotatable bonds is 9. The predicted octanol–water partition coefficient (Wildman–Crippen LogP) is 8.40. The normalized spacial score (nSPS) is 12.4. The Labute approximate surface area is 240 Å². The van der Waals surface area contributed by atoms with Crippen LogP contribution in [0.4, 0.5) is 58.4 Å². The minimum Gasteiger partial charge on any atom is -0.435 e. The van der Waals surface area contributed by atoms with Crippen LogP contribution in [0.1, 0.15) is 44.3 Å². The van der Waals surface area contributed by atoms with Gasteiger partial charge < -0.3 is 9.64 Å². The van der Waals surface area contributed by atoms with Crippen LogP contribution in [-0.4, -0.2) is 37.2 Å². The van der Waals surface area contributed by atoms with E-state index in [1.54, 1.807) is 0 Å². The molecule has 0 aliphatic heterocycles. The molecule has 0 radical (unpaired) electrons. The molecule has 0 heterocycles. The number of Topliss-reactive ketones (excluding diaryl/α,β-unsaturated/α-hetero) is 1. The van der Waals surface area contributed by atoms with Crippen molar-refractivity contribution < 1.29 is 67.0 Å². The van der Waals surface area contributed by atoms with E-state index in [9.17, 15) is 57.9 Å². The molecule has 0 saturated carbocycles. The van der Waals surface area contributed by atoms with E-state index in [-0.39, 0.29) is 18.7 Å². The van der Waals surface area contributed by atoms with Gasteiger partial charge in [-0.15, -0.1) is 0 Å². The molecular formula is C28H19F12NO3. The number of ether oxygens (including phenoxy) is 1. The lowest BCUT2D eigenvalue weighted by Gasteiger charge is -2.31. The van der Waals surface area contributed by atoms with Crippen molar-refractivity contribution in [2.24, 2.45) is 0 Å². The van der Waals surface area contributed by atoms with Crippen LogP contribution in [-0.2, 0) is 12.1 Å². The molecule has 3 aromatic carbocycles. The van der Waals surface area contributed by atoms with E-state index in [1.165, 1.54) is 6.92 Å². The highest BCUT2D eigenvalue weighted by molar-refractivity contribution is 6.07. The number of ketones is 1. The van der Waals surface area contributed by atoms with Gasteiger partial charge in [0, 0.05) is 30.2 Å². The Morgan fingerprint density at radius 3 is 2.00 bits per heavy atom. The van der Waals surface area contributed by atoms with Gasteiger partial charge in [-0.1, -0.05) is 12.1 Å². The number of hydrogen-bond donors (Lipinski definition) is 0. The fraction of sp³-hybridized carbons (Fsp3) is 0.286. The van der Waals surface area contributed by atoms with Gasteiger partial charge in [0.15, 0.2) is 11.6 Å². The number of halogens is 12. The molecule has 0 aliphatic carbocycles. The molecule has 0 saturated heterocycles. The Bertz CT molecular complexity index is 1550. The van der Waals surface area contributed by atoms with Crippen molar-refractivity contribution in [3.63, 3.8) is 0 Å².